The molecule has 0 saturated carbocycles. The average Bonchev–Trinajstić information content (AvgIpc) is 2.93. The van der Waals surface area contributed by atoms with Gasteiger partial charge in [0, 0.05) is 26.1 Å². The van der Waals surface area contributed by atoms with E-state index in [9.17, 15) is 4.79 Å². The van der Waals surface area contributed by atoms with Crippen LogP contribution in [-0.2, 0) is 11.3 Å². The van der Waals surface area contributed by atoms with Gasteiger partial charge in [-0.05, 0) is 43.5 Å². The fraction of sp³-hybridized carbons (Fsp3) is 0.533. The van der Waals surface area contributed by atoms with E-state index in [1.807, 2.05) is 19.2 Å². The second kappa shape index (κ2) is 7.30. The van der Waals surface area contributed by atoms with Crippen LogP contribution in [-0.4, -0.2) is 30.4 Å². The second-order valence-corrected chi connectivity index (χ2v) is 6.14. The third kappa shape index (κ3) is 4.37. The van der Waals surface area contributed by atoms with Crippen LogP contribution in [0.3, 0.4) is 0 Å². The molecule has 1 atom stereocenters. The molecule has 0 radical (unpaired) electrons. The standard InChI is InChI=1S/C15H20Cl2N2O/c1-19(10-11-4-6-13(16)14(17)9-11)15(20)7-5-12-3-2-8-18-12/h4,6,9,12,18H,2-3,5,7-8,10H2,1H3. The molecule has 3 nitrogen and oxygen atoms in total. The average molecular weight is 315 g/mol. The predicted octanol–water partition coefficient (Wildman–Crippen LogP) is 3.48. The molecule has 1 amide bonds. The van der Waals surface area contributed by atoms with Gasteiger partial charge in [0.15, 0.2) is 0 Å². The maximum Gasteiger partial charge on any atom is 0.222 e. The largest absolute Gasteiger partial charge is 0.341 e. The molecular formula is C15H20Cl2N2O. The molecule has 0 bridgehead atoms. The van der Waals surface area contributed by atoms with Crippen LogP contribution in [0.25, 0.3) is 0 Å². The summed E-state index contributed by atoms with van der Waals surface area (Å²) >= 11 is 11.9. The maximum atomic E-state index is 12.1. The van der Waals surface area contributed by atoms with E-state index >= 15 is 0 Å². The third-order valence-corrected chi connectivity index (χ3v) is 4.44. The lowest BCUT2D eigenvalue weighted by molar-refractivity contribution is -0.130. The highest BCUT2D eigenvalue weighted by atomic mass is 35.5. The SMILES string of the molecule is CN(Cc1ccc(Cl)c(Cl)c1)C(=O)CCC1CCCN1. The minimum Gasteiger partial charge on any atom is -0.341 e. The van der Waals surface area contributed by atoms with Crippen molar-refractivity contribution >= 4 is 29.1 Å². The van der Waals surface area contributed by atoms with Crippen LogP contribution < -0.4 is 5.32 Å². The van der Waals surface area contributed by atoms with Gasteiger partial charge in [0.1, 0.15) is 0 Å². The summed E-state index contributed by atoms with van der Waals surface area (Å²) in [5.74, 6) is 0.171. The van der Waals surface area contributed by atoms with Gasteiger partial charge in [0.2, 0.25) is 5.91 Å². The number of benzene rings is 1. The van der Waals surface area contributed by atoms with Gasteiger partial charge in [-0.25, -0.2) is 0 Å². The Labute approximate surface area is 130 Å². The minimum atomic E-state index is 0.171. The zero-order valence-electron chi connectivity index (χ0n) is 11.7. The number of rotatable bonds is 5. The molecule has 1 unspecified atom stereocenters. The smallest absolute Gasteiger partial charge is 0.222 e. The van der Waals surface area contributed by atoms with Crippen molar-refractivity contribution < 1.29 is 4.79 Å². The van der Waals surface area contributed by atoms with Crippen molar-refractivity contribution in [2.75, 3.05) is 13.6 Å². The summed E-state index contributed by atoms with van der Waals surface area (Å²) in [4.78, 5) is 13.8. The van der Waals surface area contributed by atoms with Gasteiger partial charge in [0.05, 0.1) is 10.0 Å². The first-order valence-corrected chi connectivity index (χ1v) is 7.73. The van der Waals surface area contributed by atoms with Crippen LogP contribution in [0.2, 0.25) is 10.0 Å². The van der Waals surface area contributed by atoms with Crippen LogP contribution in [0.4, 0.5) is 0 Å². The number of nitrogens with one attached hydrogen (secondary N) is 1. The number of carbonyl (C=O) groups excluding carboxylic acids is 1. The van der Waals surface area contributed by atoms with Crippen molar-refractivity contribution in [2.45, 2.75) is 38.3 Å². The Morgan fingerprint density at radius 2 is 2.20 bits per heavy atom. The zero-order valence-corrected chi connectivity index (χ0v) is 13.2. The molecule has 2 rings (SSSR count). The Hall–Kier alpha value is -0.770. The molecule has 1 aromatic carbocycles. The van der Waals surface area contributed by atoms with Crippen molar-refractivity contribution in [3.05, 3.63) is 33.8 Å². The Bertz CT molecular complexity index is 473. The number of hydrogen-bond donors (Lipinski definition) is 1. The van der Waals surface area contributed by atoms with E-state index in [1.54, 1.807) is 11.0 Å². The first-order valence-electron chi connectivity index (χ1n) is 6.97. The highest BCUT2D eigenvalue weighted by Crippen LogP contribution is 2.23. The summed E-state index contributed by atoms with van der Waals surface area (Å²) in [6.45, 7) is 1.64. The Morgan fingerprint density at radius 3 is 2.85 bits per heavy atom. The minimum absolute atomic E-state index is 0.171. The lowest BCUT2D eigenvalue weighted by Crippen LogP contribution is -2.29. The van der Waals surface area contributed by atoms with Gasteiger partial charge >= 0.3 is 0 Å². The number of halogens is 2. The topological polar surface area (TPSA) is 32.3 Å². The first-order chi connectivity index (χ1) is 9.56. The second-order valence-electron chi connectivity index (χ2n) is 5.33. The van der Waals surface area contributed by atoms with E-state index in [0.717, 1.165) is 18.5 Å². The molecular weight excluding hydrogens is 295 g/mol. The van der Waals surface area contributed by atoms with Crippen molar-refractivity contribution in [1.82, 2.24) is 10.2 Å². The van der Waals surface area contributed by atoms with Gasteiger partial charge in [-0.2, -0.15) is 0 Å². The molecule has 1 fully saturated rings. The number of nitrogens with zero attached hydrogens (tertiary/aromatic N) is 1. The van der Waals surface area contributed by atoms with Crippen molar-refractivity contribution in [3.8, 4) is 0 Å². The zero-order chi connectivity index (χ0) is 14.5. The van der Waals surface area contributed by atoms with E-state index < -0.39 is 0 Å². The molecule has 1 aromatic rings. The summed E-state index contributed by atoms with van der Waals surface area (Å²) in [5, 5.41) is 4.48. The highest BCUT2D eigenvalue weighted by Gasteiger charge is 2.17. The Kier molecular flexibility index (Phi) is 5.70. The van der Waals surface area contributed by atoms with Gasteiger partial charge in [-0.1, -0.05) is 29.3 Å². The molecule has 0 aromatic heterocycles. The Balaban J connectivity index is 1.81. The van der Waals surface area contributed by atoms with Crippen LogP contribution in [0.15, 0.2) is 18.2 Å². The number of carbonyl (C=O) groups is 1. The van der Waals surface area contributed by atoms with Crippen LogP contribution in [0.5, 0.6) is 0 Å². The highest BCUT2D eigenvalue weighted by molar-refractivity contribution is 6.42. The quantitative estimate of drug-likeness (QED) is 0.902. The lowest BCUT2D eigenvalue weighted by atomic mass is 10.1. The van der Waals surface area contributed by atoms with Gasteiger partial charge in [-0.15, -0.1) is 0 Å². The molecule has 0 spiro atoms. The molecule has 5 heteroatoms. The van der Waals surface area contributed by atoms with Crippen molar-refractivity contribution in [1.29, 1.82) is 0 Å². The van der Waals surface area contributed by atoms with E-state index in [4.69, 9.17) is 23.2 Å². The van der Waals surface area contributed by atoms with Crippen LogP contribution >= 0.6 is 23.2 Å². The molecule has 1 aliphatic heterocycles. The van der Waals surface area contributed by atoms with Crippen LogP contribution in [0.1, 0.15) is 31.2 Å². The van der Waals surface area contributed by atoms with Crippen molar-refractivity contribution in [2.24, 2.45) is 0 Å². The fourth-order valence-electron chi connectivity index (χ4n) is 2.49. The van der Waals surface area contributed by atoms with Gasteiger partial charge in [-0.3, -0.25) is 4.79 Å². The van der Waals surface area contributed by atoms with Crippen LogP contribution in [0, 0.1) is 0 Å². The number of amides is 1. The molecule has 1 aliphatic rings. The normalized spacial score (nSPS) is 18.2. The summed E-state index contributed by atoms with van der Waals surface area (Å²) in [6.07, 6.45) is 3.92. The lowest BCUT2D eigenvalue weighted by Gasteiger charge is -2.19. The van der Waals surface area contributed by atoms with E-state index in [-0.39, 0.29) is 5.91 Å². The van der Waals surface area contributed by atoms with E-state index in [0.29, 0.717) is 29.1 Å². The molecule has 20 heavy (non-hydrogen) atoms. The van der Waals surface area contributed by atoms with E-state index in [2.05, 4.69) is 5.32 Å². The summed E-state index contributed by atoms with van der Waals surface area (Å²) in [5.41, 5.74) is 0.995. The van der Waals surface area contributed by atoms with E-state index in [1.165, 1.54) is 12.8 Å². The first kappa shape index (κ1) is 15.6. The Morgan fingerprint density at radius 1 is 1.40 bits per heavy atom. The molecule has 110 valence electrons. The molecule has 0 aliphatic carbocycles. The predicted molar refractivity (Wildman–Crippen MR) is 83.2 cm³/mol. The maximum absolute atomic E-state index is 12.1. The molecule has 1 saturated heterocycles. The van der Waals surface area contributed by atoms with Gasteiger partial charge < -0.3 is 10.2 Å². The van der Waals surface area contributed by atoms with Gasteiger partial charge in [0.25, 0.3) is 0 Å². The summed E-state index contributed by atoms with van der Waals surface area (Å²) < 4.78 is 0. The fourth-order valence-corrected chi connectivity index (χ4v) is 2.81. The monoisotopic (exact) mass is 314 g/mol. The van der Waals surface area contributed by atoms with Crippen molar-refractivity contribution in [3.63, 3.8) is 0 Å². The third-order valence-electron chi connectivity index (χ3n) is 3.70. The summed E-state index contributed by atoms with van der Waals surface area (Å²) in [6, 6.07) is 5.99. The molecule has 1 heterocycles. The summed E-state index contributed by atoms with van der Waals surface area (Å²) in [7, 11) is 1.83. The number of hydrogen-bond acceptors (Lipinski definition) is 2. The molecule has 1 N–H and O–H groups in total.